The predicted octanol–water partition coefficient (Wildman–Crippen LogP) is 0.656. The number of carbonyl (C=O) groups is 3. The van der Waals surface area contributed by atoms with Crippen LogP contribution in [0.3, 0.4) is 0 Å². The third-order valence-corrected chi connectivity index (χ3v) is 3.74. The predicted molar refractivity (Wildman–Crippen MR) is 88.5 cm³/mol. The Labute approximate surface area is 145 Å². The van der Waals surface area contributed by atoms with Crippen LogP contribution >= 0.6 is 0 Å². The van der Waals surface area contributed by atoms with E-state index in [9.17, 15) is 14.4 Å². The smallest absolute Gasteiger partial charge is 0.322 e. The Kier molecular flexibility index (Phi) is 6.62. The van der Waals surface area contributed by atoms with E-state index >= 15 is 0 Å². The molecule has 0 aliphatic heterocycles. The van der Waals surface area contributed by atoms with Gasteiger partial charge in [-0.1, -0.05) is 12.1 Å². The minimum Gasteiger partial charge on any atom is -0.493 e. The molecule has 0 spiro atoms. The van der Waals surface area contributed by atoms with E-state index in [0.29, 0.717) is 11.5 Å². The van der Waals surface area contributed by atoms with Gasteiger partial charge in [-0.15, -0.1) is 0 Å². The van der Waals surface area contributed by atoms with Crippen molar-refractivity contribution >= 4 is 17.8 Å². The molecule has 8 heteroatoms. The van der Waals surface area contributed by atoms with Gasteiger partial charge in [-0.25, -0.2) is 0 Å². The van der Waals surface area contributed by atoms with E-state index in [1.54, 1.807) is 29.2 Å². The number of carboxylic acid groups (broad SMARTS) is 1. The van der Waals surface area contributed by atoms with Gasteiger partial charge in [-0.3, -0.25) is 14.4 Å². The zero-order valence-corrected chi connectivity index (χ0v) is 14.1. The Bertz CT molecular complexity index is 629. The molecule has 0 saturated heterocycles. The van der Waals surface area contributed by atoms with Crippen LogP contribution in [0.2, 0.25) is 0 Å². The number of ether oxygens (including phenoxy) is 2. The summed E-state index contributed by atoms with van der Waals surface area (Å²) in [6.45, 7) is -0.328. The van der Waals surface area contributed by atoms with Gasteiger partial charge < -0.3 is 24.8 Å². The number of nitrogens with one attached hydrogen (secondary N) is 1. The number of methoxy groups -OCH3 is 1. The molecule has 1 aliphatic rings. The highest BCUT2D eigenvalue weighted by Gasteiger charge is 2.32. The van der Waals surface area contributed by atoms with Crippen molar-refractivity contribution in [1.82, 2.24) is 10.2 Å². The molecule has 0 bridgehead atoms. The number of aliphatic carboxylic acids is 1. The Morgan fingerprint density at radius 1 is 1.24 bits per heavy atom. The van der Waals surface area contributed by atoms with Crippen LogP contribution in [0.25, 0.3) is 0 Å². The molecule has 8 nitrogen and oxygen atoms in total. The summed E-state index contributed by atoms with van der Waals surface area (Å²) in [6.07, 6.45) is 1.86. The SMILES string of the molecule is COc1ccccc1OCC(=O)N(CCC(=O)NCC(=O)O)C1CC1. The fraction of sp³-hybridized carbons (Fsp3) is 0.471. The largest absolute Gasteiger partial charge is 0.493 e. The van der Waals surface area contributed by atoms with E-state index in [4.69, 9.17) is 14.6 Å². The molecule has 2 amide bonds. The van der Waals surface area contributed by atoms with E-state index in [1.807, 2.05) is 0 Å². The molecule has 0 unspecified atom stereocenters. The molecule has 1 aromatic rings. The number of benzene rings is 1. The van der Waals surface area contributed by atoms with Gasteiger partial charge in [0.15, 0.2) is 18.1 Å². The lowest BCUT2D eigenvalue weighted by atomic mass is 10.3. The van der Waals surface area contributed by atoms with E-state index in [1.165, 1.54) is 7.11 Å². The van der Waals surface area contributed by atoms with Crippen molar-refractivity contribution in [3.63, 3.8) is 0 Å². The van der Waals surface area contributed by atoms with Crippen molar-refractivity contribution in [3.05, 3.63) is 24.3 Å². The minimum atomic E-state index is -1.10. The lowest BCUT2D eigenvalue weighted by Crippen LogP contribution is -2.40. The molecule has 2 N–H and O–H groups in total. The molecular formula is C17H22N2O6. The minimum absolute atomic E-state index is 0.0597. The topological polar surface area (TPSA) is 105 Å². The van der Waals surface area contributed by atoms with Crippen molar-refractivity contribution in [1.29, 1.82) is 0 Å². The number of amides is 2. The Morgan fingerprint density at radius 2 is 1.92 bits per heavy atom. The number of para-hydroxylation sites is 2. The summed E-state index contributed by atoms with van der Waals surface area (Å²) < 4.78 is 10.7. The van der Waals surface area contributed by atoms with Crippen molar-refractivity contribution in [3.8, 4) is 11.5 Å². The van der Waals surface area contributed by atoms with Crippen molar-refractivity contribution in [2.75, 3.05) is 26.8 Å². The average molecular weight is 350 g/mol. The average Bonchev–Trinajstić information content (AvgIpc) is 3.43. The standard InChI is InChI=1S/C17H22N2O6/c1-24-13-4-2-3-5-14(13)25-11-16(21)19(12-6-7-12)9-8-15(20)18-10-17(22)23/h2-5,12H,6-11H2,1H3,(H,18,20)(H,22,23). The van der Waals surface area contributed by atoms with E-state index < -0.39 is 18.4 Å². The zero-order chi connectivity index (χ0) is 18.2. The second kappa shape index (κ2) is 8.91. The summed E-state index contributed by atoms with van der Waals surface area (Å²) in [5.74, 6) is -0.686. The summed E-state index contributed by atoms with van der Waals surface area (Å²) in [5, 5.41) is 10.8. The van der Waals surface area contributed by atoms with Gasteiger partial charge in [0.05, 0.1) is 7.11 Å². The number of nitrogens with zero attached hydrogens (tertiary/aromatic N) is 1. The van der Waals surface area contributed by atoms with Crippen molar-refractivity contribution in [2.24, 2.45) is 0 Å². The van der Waals surface area contributed by atoms with Crippen LogP contribution < -0.4 is 14.8 Å². The molecule has 1 aromatic carbocycles. The number of rotatable bonds is 10. The maximum atomic E-state index is 12.4. The van der Waals surface area contributed by atoms with Crippen LogP contribution in [0.1, 0.15) is 19.3 Å². The lowest BCUT2D eigenvalue weighted by molar-refractivity contribution is -0.138. The van der Waals surface area contributed by atoms with E-state index in [2.05, 4.69) is 5.32 Å². The molecule has 1 aliphatic carbocycles. The molecule has 0 radical (unpaired) electrons. The fourth-order valence-corrected chi connectivity index (χ4v) is 2.34. The monoisotopic (exact) mass is 350 g/mol. The van der Waals surface area contributed by atoms with Gasteiger partial charge in [0, 0.05) is 19.0 Å². The first-order valence-electron chi connectivity index (χ1n) is 8.05. The second-order valence-electron chi connectivity index (χ2n) is 5.68. The quantitative estimate of drug-likeness (QED) is 0.642. The second-order valence-corrected chi connectivity index (χ2v) is 5.68. The summed E-state index contributed by atoms with van der Waals surface area (Å²) in [7, 11) is 1.52. The molecule has 25 heavy (non-hydrogen) atoms. The number of hydrogen-bond donors (Lipinski definition) is 2. The van der Waals surface area contributed by atoms with Gasteiger partial charge >= 0.3 is 5.97 Å². The summed E-state index contributed by atoms with van der Waals surface area (Å²) >= 11 is 0. The molecule has 2 rings (SSSR count). The third kappa shape index (κ3) is 5.98. The number of carboxylic acids is 1. The first-order chi connectivity index (χ1) is 12.0. The Morgan fingerprint density at radius 3 is 2.52 bits per heavy atom. The molecular weight excluding hydrogens is 328 g/mol. The normalized spacial score (nSPS) is 13.0. The van der Waals surface area contributed by atoms with Crippen molar-refractivity contribution < 1.29 is 29.0 Å². The zero-order valence-electron chi connectivity index (χ0n) is 14.1. The first-order valence-corrected chi connectivity index (χ1v) is 8.05. The van der Waals surface area contributed by atoms with Crippen LogP contribution in [0.15, 0.2) is 24.3 Å². The van der Waals surface area contributed by atoms with Gasteiger partial charge in [0.25, 0.3) is 5.91 Å². The maximum Gasteiger partial charge on any atom is 0.322 e. The Hall–Kier alpha value is -2.77. The molecule has 0 aromatic heterocycles. The van der Waals surface area contributed by atoms with Crippen LogP contribution in [0.4, 0.5) is 0 Å². The van der Waals surface area contributed by atoms with Crippen LogP contribution in [0, 0.1) is 0 Å². The summed E-state index contributed by atoms with van der Waals surface area (Å²) in [5.41, 5.74) is 0. The lowest BCUT2D eigenvalue weighted by Gasteiger charge is -2.22. The van der Waals surface area contributed by atoms with Gasteiger partial charge in [0.2, 0.25) is 5.91 Å². The maximum absolute atomic E-state index is 12.4. The fourth-order valence-electron chi connectivity index (χ4n) is 2.34. The van der Waals surface area contributed by atoms with Crippen LogP contribution in [0.5, 0.6) is 11.5 Å². The number of hydrogen-bond acceptors (Lipinski definition) is 5. The third-order valence-electron chi connectivity index (χ3n) is 3.74. The molecule has 0 heterocycles. The first kappa shape index (κ1) is 18.6. The molecule has 136 valence electrons. The summed E-state index contributed by atoms with van der Waals surface area (Å²) in [6, 6.07) is 7.17. The highest BCUT2D eigenvalue weighted by atomic mass is 16.5. The highest BCUT2D eigenvalue weighted by molar-refractivity contribution is 5.82. The van der Waals surface area contributed by atoms with E-state index in [-0.39, 0.29) is 31.5 Å². The Balaban J connectivity index is 1.84. The molecule has 1 fully saturated rings. The van der Waals surface area contributed by atoms with Gasteiger partial charge in [-0.2, -0.15) is 0 Å². The van der Waals surface area contributed by atoms with Crippen molar-refractivity contribution in [2.45, 2.75) is 25.3 Å². The highest BCUT2D eigenvalue weighted by Crippen LogP contribution is 2.28. The van der Waals surface area contributed by atoms with Gasteiger partial charge in [-0.05, 0) is 25.0 Å². The molecule has 0 atom stereocenters. The number of carbonyl (C=O) groups excluding carboxylic acids is 2. The van der Waals surface area contributed by atoms with Gasteiger partial charge in [0.1, 0.15) is 6.54 Å². The van der Waals surface area contributed by atoms with Crippen LogP contribution in [-0.4, -0.2) is 60.6 Å². The molecule has 1 saturated carbocycles. The summed E-state index contributed by atoms with van der Waals surface area (Å²) in [4.78, 5) is 36.1. The van der Waals surface area contributed by atoms with Crippen LogP contribution in [-0.2, 0) is 14.4 Å². The van der Waals surface area contributed by atoms with E-state index in [0.717, 1.165) is 12.8 Å².